The van der Waals surface area contributed by atoms with Gasteiger partial charge in [0.2, 0.25) is 11.8 Å². The van der Waals surface area contributed by atoms with E-state index in [1.807, 2.05) is 20.8 Å². The topological polar surface area (TPSA) is 114 Å². The molecule has 1 amide bonds. The number of aromatic nitrogens is 4. The molecule has 1 aliphatic carbocycles. The van der Waals surface area contributed by atoms with Crippen molar-refractivity contribution in [2.45, 2.75) is 70.5 Å². The van der Waals surface area contributed by atoms with Crippen LogP contribution in [-0.2, 0) is 15.7 Å². The maximum atomic E-state index is 12.8. The number of rotatable bonds is 6. The minimum atomic E-state index is -4.60. The van der Waals surface area contributed by atoms with Gasteiger partial charge in [0.05, 0.1) is 18.1 Å². The van der Waals surface area contributed by atoms with Gasteiger partial charge in [0.1, 0.15) is 23.2 Å². The summed E-state index contributed by atoms with van der Waals surface area (Å²) >= 11 is 0. The zero-order valence-corrected chi connectivity index (χ0v) is 20.6. The van der Waals surface area contributed by atoms with Crippen molar-refractivity contribution in [3.8, 4) is 5.75 Å². The summed E-state index contributed by atoms with van der Waals surface area (Å²) in [6, 6.07) is -0.757. The van der Waals surface area contributed by atoms with Gasteiger partial charge in [-0.1, -0.05) is 6.58 Å². The molecule has 10 nitrogen and oxygen atoms in total. The van der Waals surface area contributed by atoms with Gasteiger partial charge in [-0.2, -0.15) is 18.2 Å². The number of carbonyl (C=O) groups excluding carboxylic acids is 1. The fourth-order valence-electron chi connectivity index (χ4n) is 4.00. The monoisotopic (exact) mass is 507 g/mol. The first-order chi connectivity index (χ1) is 16.7. The van der Waals surface area contributed by atoms with Gasteiger partial charge in [0.25, 0.3) is 5.91 Å². The lowest BCUT2D eigenvalue weighted by molar-refractivity contribution is -0.145. The number of anilines is 3. The number of nitrogens with zero attached hydrogens (tertiary/aromatic N) is 5. The molecule has 0 spiro atoms. The van der Waals surface area contributed by atoms with Crippen molar-refractivity contribution in [2.24, 2.45) is 0 Å². The van der Waals surface area contributed by atoms with Crippen molar-refractivity contribution in [3.05, 3.63) is 36.3 Å². The summed E-state index contributed by atoms with van der Waals surface area (Å²) < 4.78 is 49.3. The van der Waals surface area contributed by atoms with E-state index in [-0.39, 0.29) is 23.8 Å². The Bertz CT molecular complexity index is 1160. The Labute approximate surface area is 206 Å². The third kappa shape index (κ3) is 5.44. The van der Waals surface area contributed by atoms with Crippen LogP contribution in [0.1, 0.15) is 45.1 Å². The largest absolute Gasteiger partial charge is 0.490 e. The molecule has 0 saturated heterocycles. The molecule has 1 fully saturated rings. The number of aryl methyl sites for hydroxylation is 1. The van der Waals surface area contributed by atoms with E-state index in [0.717, 1.165) is 12.4 Å². The van der Waals surface area contributed by atoms with E-state index in [0.29, 0.717) is 41.7 Å². The number of fused-ring (bicyclic) bond motifs is 1. The molecule has 36 heavy (non-hydrogen) atoms. The number of nitrogens with one attached hydrogen (secondary N) is 2. The van der Waals surface area contributed by atoms with Crippen LogP contribution in [0.2, 0.25) is 0 Å². The molecule has 2 aliphatic rings. The van der Waals surface area contributed by atoms with Gasteiger partial charge < -0.3 is 25.0 Å². The predicted molar refractivity (Wildman–Crippen MR) is 126 cm³/mol. The number of hydrogen-bond acceptors (Lipinski definition) is 9. The second-order valence-corrected chi connectivity index (χ2v) is 9.81. The number of likely N-dealkylation sites (N-methyl/N-ethyl adjacent to an activating group) is 1. The molecule has 0 unspecified atom stereocenters. The average Bonchev–Trinajstić information content (AvgIpc) is 2.71. The Morgan fingerprint density at radius 3 is 2.42 bits per heavy atom. The molecule has 1 aliphatic heterocycles. The quantitative estimate of drug-likeness (QED) is 0.565. The first kappa shape index (κ1) is 25.5. The van der Waals surface area contributed by atoms with Gasteiger partial charge in [0.15, 0.2) is 17.6 Å². The first-order valence-corrected chi connectivity index (χ1v) is 11.3. The zero-order chi connectivity index (χ0) is 26.4. The number of halogens is 3. The average molecular weight is 508 g/mol. The van der Waals surface area contributed by atoms with E-state index in [4.69, 9.17) is 9.47 Å². The number of carbonyl (C=O) groups is 1. The van der Waals surface area contributed by atoms with Gasteiger partial charge in [-0.05, 0) is 27.7 Å². The molecule has 194 valence electrons. The Morgan fingerprint density at radius 2 is 1.83 bits per heavy atom. The van der Waals surface area contributed by atoms with E-state index < -0.39 is 23.6 Å². The third-order valence-electron chi connectivity index (χ3n) is 5.64. The van der Waals surface area contributed by atoms with Crippen molar-refractivity contribution < 1.29 is 27.4 Å². The second-order valence-electron chi connectivity index (χ2n) is 9.81. The summed E-state index contributed by atoms with van der Waals surface area (Å²) in [5, 5.41) is 6.11. The van der Waals surface area contributed by atoms with Crippen molar-refractivity contribution in [2.75, 3.05) is 22.6 Å². The number of alkyl halides is 3. The highest BCUT2D eigenvalue weighted by atomic mass is 19.4. The molecular weight excluding hydrogens is 479 g/mol. The van der Waals surface area contributed by atoms with Crippen LogP contribution in [0.25, 0.3) is 0 Å². The molecule has 13 heteroatoms. The molecule has 1 saturated carbocycles. The van der Waals surface area contributed by atoms with Crippen LogP contribution >= 0.6 is 0 Å². The SMILES string of the molecule is C=C(OC(C)(C)C)[C@H]1C(=O)Nc2c(C)nc(NC3CC(Oc4cnc(C(F)(F)F)nc4)C3)nc2N1C. The van der Waals surface area contributed by atoms with Gasteiger partial charge in [-0.3, -0.25) is 4.79 Å². The van der Waals surface area contributed by atoms with E-state index in [1.54, 1.807) is 18.9 Å². The lowest BCUT2D eigenvalue weighted by Gasteiger charge is -2.38. The van der Waals surface area contributed by atoms with Gasteiger partial charge in [-0.25, -0.2) is 15.0 Å². The van der Waals surface area contributed by atoms with Gasteiger partial charge in [-0.15, -0.1) is 0 Å². The molecule has 0 aromatic carbocycles. The van der Waals surface area contributed by atoms with Crippen LogP contribution in [0.4, 0.5) is 30.6 Å². The minimum absolute atomic E-state index is 0.00120. The predicted octanol–water partition coefficient (Wildman–Crippen LogP) is 3.70. The Balaban J connectivity index is 1.39. The van der Waals surface area contributed by atoms with Crippen molar-refractivity contribution in [1.29, 1.82) is 0 Å². The Kier molecular flexibility index (Phi) is 6.43. The summed E-state index contributed by atoms with van der Waals surface area (Å²) in [7, 11) is 1.75. The van der Waals surface area contributed by atoms with Gasteiger partial charge in [0, 0.05) is 25.9 Å². The van der Waals surface area contributed by atoms with E-state index >= 15 is 0 Å². The van der Waals surface area contributed by atoms with Crippen molar-refractivity contribution in [1.82, 2.24) is 19.9 Å². The summed E-state index contributed by atoms with van der Waals surface area (Å²) in [5.74, 6) is -0.0877. The van der Waals surface area contributed by atoms with Crippen molar-refractivity contribution in [3.63, 3.8) is 0 Å². The van der Waals surface area contributed by atoms with Crippen LogP contribution in [0, 0.1) is 6.92 Å². The smallest absolute Gasteiger partial charge is 0.451 e. The standard InChI is InChI=1S/C23H28F3N7O3/c1-11-16-18(33(6)17(19(34)31-16)12(2)36-22(3,4)5)32-21(29-11)30-13-7-14(8-13)35-15-9-27-20(28-10-15)23(24,25)26/h9-10,13-14,17H,2,7-8H2,1,3-6H3,(H,31,34)(H,29,30,32)/t13?,14?,17-/m0/s1. The number of amides is 1. The Morgan fingerprint density at radius 1 is 1.19 bits per heavy atom. The van der Waals surface area contributed by atoms with Crippen LogP contribution < -0.4 is 20.3 Å². The first-order valence-electron chi connectivity index (χ1n) is 11.3. The van der Waals surface area contributed by atoms with Crippen molar-refractivity contribution >= 4 is 23.4 Å². The fraction of sp³-hybridized carbons (Fsp3) is 0.522. The van der Waals surface area contributed by atoms with Crippen LogP contribution in [0.15, 0.2) is 24.7 Å². The molecule has 0 radical (unpaired) electrons. The van der Waals surface area contributed by atoms with Crippen LogP contribution in [-0.4, -0.2) is 56.7 Å². The van der Waals surface area contributed by atoms with E-state index in [9.17, 15) is 18.0 Å². The highest BCUT2D eigenvalue weighted by molar-refractivity contribution is 6.04. The number of ether oxygens (including phenoxy) is 2. The summed E-state index contributed by atoms with van der Waals surface area (Å²) in [5.41, 5.74) is 0.602. The van der Waals surface area contributed by atoms with E-state index in [2.05, 4.69) is 37.1 Å². The van der Waals surface area contributed by atoms with E-state index in [1.165, 1.54) is 0 Å². The zero-order valence-electron chi connectivity index (χ0n) is 20.6. The van der Waals surface area contributed by atoms with Gasteiger partial charge >= 0.3 is 6.18 Å². The summed E-state index contributed by atoms with van der Waals surface area (Å²) in [6.07, 6.45) is -1.58. The molecule has 4 rings (SSSR count). The normalized spacial score (nSPS) is 21.7. The minimum Gasteiger partial charge on any atom is -0.490 e. The third-order valence-corrected chi connectivity index (χ3v) is 5.64. The number of hydrogen-bond donors (Lipinski definition) is 2. The lowest BCUT2D eigenvalue weighted by Crippen LogP contribution is -2.49. The molecule has 1 atom stereocenters. The Hall–Kier alpha value is -3.64. The molecule has 2 aromatic heterocycles. The molecule has 2 N–H and O–H groups in total. The molecular formula is C23H28F3N7O3. The molecule has 0 bridgehead atoms. The highest BCUT2D eigenvalue weighted by Gasteiger charge is 2.38. The lowest BCUT2D eigenvalue weighted by atomic mass is 9.89. The summed E-state index contributed by atoms with van der Waals surface area (Å²) in [4.78, 5) is 30.2. The van der Waals surface area contributed by atoms with Crippen LogP contribution in [0.3, 0.4) is 0 Å². The molecule has 2 aromatic rings. The highest BCUT2D eigenvalue weighted by Crippen LogP contribution is 2.36. The summed E-state index contributed by atoms with van der Waals surface area (Å²) in [6.45, 7) is 11.4. The maximum Gasteiger partial charge on any atom is 0.451 e. The fourth-order valence-corrected chi connectivity index (χ4v) is 4.00. The second kappa shape index (κ2) is 9.10. The van der Waals surface area contributed by atoms with Crippen LogP contribution in [0.5, 0.6) is 5.75 Å². The maximum absolute atomic E-state index is 12.8. The molecule has 3 heterocycles.